The van der Waals surface area contributed by atoms with Crippen LogP contribution in [0.1, 0.15) is 21.5 Å². The SMILES string of the molecule is Cc1ccc(C(=O)c2cc(Br)cc(Br)c2)c2ccccc12. The van der Waals surface area contributed by atoms with Gasteiger partial charge in [0.15, 0.2) is 5.78 Å². The first-order chi connectivity index (χ1) is 10.1. The molecule has 0 bridgehead atoms. The fourth-order valence-corrected chi connectivity index (χ4v) is 3.78. The number of carbonyl (C=O) groups excluding carboxylic acids is 1. The fourth-order valence-electron chi connectivity index (χ4n) is 2.49. The molecule has 1 nitrogen and oxygen atoms in total. The minimum atomic E-state index is 0.0354. The van der Waals surface area contributed by atoms with Gasteiger partial charge in [-0.05, 0) is 41.5 Å². The van der Waals surface area contributed by atoms with E-state index in [0.717, 1.165) is 25.3 Å². The Morgan fingerprint density at radius 1 is 0.857 bits per heavy atom. The van der Waals surface area contributed by atoms with E-state index in [1.54, 1.807) is 0 Å². The average molecular weight is 404 g/mol. The Morgan fingerprint density at radius 3 is 2.14 bits per heavy atom. The van der Waals surface area contributed by atoms with Crippen LogP contribution in [0.5, 0.6) is 0 Å². The van der Waals surface area contributed by atoms with Gasteiger partial charge >= 0.3 is 0 Å². The van der Waals surface area contributed by atoms with E-state index in [-0.39, 0.29) is 5.78 Å². The predicted octanol–water partition coefficient (Wildman–Crippen LogP) is 5.90. The second-order valence-electron chi connectivity index (χ2n) is 4.96. The number of fused-ring (bicyclic) bond motifs is 1. The van der Waals surface area contributed by atoms with Crippen molar-refractivity contribution in [2.45, 2.75) is 6.92 Å². The Morgan fingerprint density at radius 2 is 1.48 bits per heavy atom. The molecule has 21 heavy (non-hydrogen) atoms. The highest BCUT2D eigenvalue weighted by atomic mass is 79.9. The number of benzene rings is 3. The van der Waals surface area contributed by atoms with Gasteiger partial charge in [0.25, 0.3) is 0 Å². The van der Waals surface area contributed by atoms with Crippen LogP contribution in [0.2, 0.25) is 0 Å². The summed E-state index contributed by atoms with van der Waals surface area (Å²) >= 11 is 6.87. The minimum Gasteiger partial charge on any atom is -0.289 e. The molecule has 0 spiro atoms. The van der Waals surface area contributed by atoms with Crippen molar-refractivity contribution < 1.29 is 4.79 Å². The molecule has 0 amide bonds. The molecular formula is C18H12Br2O. The van der Waals surface area contributed by atoms with E-state index < -0.39 is 0 Å². The van der Waals surface area contributed by atoms with Crippen LogP contribution in [-0.2, 0) is 0 Å². The summed E-state index contributed by atoms with van der Waals surface area (Å²) in [5.74, 6) is 0.0354. The summed E-state index contributed by atoms with van der Waals surface area (Å²) in [6, 6.07) is 17.6. The lowest BCUT2D eigenvalue weighted by Gasteiger charge is -2.09. The molecule has 0 aliphatic rings. The molecule has 0 N–H and O–H groups in total. The molecule has 104 valence electrons. The van der Waals surface area contributed by atoms with Gasteiger partial charge in [-0.25, -0.2) is 0 Å². The highest BCUT2D eigenvalue weighted by Gasteiger charge is 2.14. The Balaban J connectivity index is 2.20. The first-order valence-corrected chi connectivity index (χ1v) is 8.14. The van der Waals surface area contributed by atoms with Crippen LogP contribution in [-0.4, -0.2) is 5.78 Å². The molecule has 0 radical (unpaired) electrons. The van der Waals surface area contributed by atoms with Gasteiger partial charge < -0.3 is 0 Å². The normalized spacial score (nSPS) is 10.8. The van der Waals surface area contributed by atoms with E-state index in [0.29, 0.717) is 5.56 Å². The van der Waals surface area contributed by atoms with Gasteiger partial charge in [0, 0.05) is 20.1 Å². The van der Waals surface area contributed by atoms with E-state index in [1.807, 2.05) is 48.5 Å². The molecule has 0 saturated carbocycles. The smallest absolute Gasteiger partial charge is 0.193 e. The van der Waals surface area contributed by atoms with Gasteiger partial charge in [-0.3, -0.25) is 4.79 Å². The quantitative estimate of drug-likeness (QED) is 0.486. The highest BCUT2D eigenvalue weighted by Crippen LogP contribution is 2.27. The van der Waals surface area contributed by atoms with Crippen molar-refractivity contribution in [1.29, 1.82) is 0 Å². The van der Waals surface area contributed by atoms with Gasteiger partial charge in [0.2, 0.25) is 0 Å². The number of hydrogen-bond donors (Lipinski definition) is 0. The lowest BCUT2D eigenvalue weighted by molar-refractivity contribution is 0.104. The zero-order chi connectivity index (χ0) is 15.0. The zero-order valence-electron chi connectivity index (χ0n) is 11.4. The van der Waals surface area contributed by atoms with Crippen molar-refractivity contribution in [1.82, 2.24) is 0 Å². The third-order valence-electron chi connectivity index (χ3n) is 3.51. The largest absolute Gasteiger partial charge is 0.289 e. The van der Waals surface area contributed by atoms with Crippen LogP contribution in [0.25, 0.3) is 10.8 Å². The molecule has 0 unspecified atom stereocenters. The summed E-state index contributed by atoms with van der Waals surface area (Å²) in [5.41, 5.74) is 2.59. The predicted molar refractivity (Wildman–Crippen MR) is 94.0 cm³/mol. The van der Waals surface area contributed by atoms with Gasteiger partial charge in [-0.1, -0.05) is 68.3 Å². The standard InChI is InChI=1S/C18H12Br2O/c1-11-6-7-17(16-5-3-2-4-15(11)16)18(21)12-8-13(19)10-14(20)9-12/h2-10H,1H3. The van der Waals surface area contributed by atoms with E-state index in [4.69, 9.17) is 0 Å². The second-order valence-corrected chi connectivity index (χ2v) is 6.79. The third-order valence-corrected chi connectivity index (χ3v) is 4.43. The molecule has 0 saturated heterocycles. The molecule has 0 heterocycles. The van der Waals surface area contributed by atoms with Crippen molar-refractivity contribution in [2.24, 2.45) is 0 Å². The van der Waals surface area contributed by atoms with Crippen LogP contribution < -0.4 is 0 Å². The van der Waals surface area contributed by atoms with Crippen LogP contribution >= 0.6 is 31.9 Å². The Kier molecular flexibility index (Phi) is 3.96. The van der Waals surface area contributed by atoms with Crippen LogP contribution in [0.4, 0.5) is 0 Å². The molecule has 0 aliphatic carbocycles. The molecule has 3 aromatic carbocycles. The summed E-state index contributed by atoms with van der Waals surface area (Å²) in [7, 11) is 0. The first kappa shape index (κ1) is 14.5. The summed E-state index contributed by atoms with van der Waals surface area (Å²) in [4.78, 5) is 12.8. The number of aryl methyl sites for hydroxylation is 1. The highest BCUT2D eigenvalue weighted by molar-refractivity contribution is 9.11. The van der Waals surface area contributed by atoms with E-state index in [2.05, 4.69) is 44.8 Å². The number of hydrogen-bond acceptors (Lipinski definition) is 1. The molecular weight excluding hydrogens is 392 g/mol. The molecule has 0 aromatic heterocycles. The molecule has 3 aromatic rings. The second kappa shape index (κ2) is 5.74. The summed E-state index contributed by atoms with van der Waals surface area (Å²) < 4.78 is 1.77. The number of halogens is 2. The maximum absolute atomic E-state index is 12.8. The van der Waals surface area contributed by atoms with Crippen LogP contribution in [0.15, 0.2) is 63.5 Å². The van der Waals surface area contributed by atoms with Crippen molar-refractivity contribution in [3.8, 4) is 0 Å². The summed E-state index contributed by atoms with van der Waals surface area (Å²) in [6.07, 6.45) is 0. The molecule has 3 rings (SSSR count). The van der Waals surface area contributed by atoms with Gasteiger partial charge in [-0.2, -0.15) is 0 Å². The fraction of sp³-hybridized carbons (Fsp3) is 0.0556. The third kappa shape index (κ3) is 2.81. The Bertz CT molecular complexity index is 833. The van der Waals surface area contributed by atoms with Crippen molar-refractivity contribution in [3.05, 3.63) is 80.2 Å². The monoisotopic (exact) mass is 402 g/mol. The topological polar surface area (TPSA) is 17.1 Å². The maximum atomic E-state index is 12.8. The van der Waals surface area contributed by atoms with E-state index in [1.165, 1.54) is 5.56 Å². The molecule has 0 aliphatic heterocycles. The number of rotatable bonds is 2. The van der Waals surface area contributed by atoms with Crippen molar-refractivity contribution in [3.63, 3.8) is 0 Å². The van der Waals surface area contributed by atoms with E-state index >= 15 is 0 Å². The molecule has 0 atom stereocenters. The molecule has 0 fully saturated rings. The zero-order valence-corrected chi connectivity index (χ0v) is 14.5. The lowest BCUT2D eigenvalue weighted by Crippen LogP contribution is -2.03. The van der Waals surface area contributed by atoms with Crippen molar-refractivity contribution in [2.75, 3.05) is 0 Å². The van der Waals surface area contributed by atoms with Crippen LogP contribution in [0.3, 0.4) is 0 Å². The van der Waals surface area contributed by atoms with Gasteiger partial charge in [-0.15, -0.1) is 0 Å². The number of carbonyl (C=O) groups is 1. The number of ketones is 1. The maximum Gasteiger partial charge on any atom is 0.193 e. The lowest BCUT2D eigenvalue weighted by atomic mass is 9.95. The Hall–Kier alpha value is -1.45. The average Bonchev–Trinajstić information content (AvgIpc) is 2.46. The minimum absolute atomic E-state index is 0.0354. The van der Waals surface area contributed by atoms with E-state index in [9.17, 15) is 4.79 Å². The van der Waals surface area contributed by atoms with Crippen molar-refractivity contribution >= 4 is 48.4 Å². The first-order valence-electron chi connectivity index (χ1n) is 6.55. The van der Waals surface area contributed by atoms with Gasteiger partial charge in [0.05, 0.1) is 0 Å². The Labute approximate surface area is 140 Å². The summed E-state index contributed by atoms with van der Waals surface area (Å²) in [6.45, 7) is 2.06. The van der Waals surface area contributed by atoms with Gasteiger partial charge in [0.1, 0.15) is 0 Å². The molecule has 3 heteroatoms. The van der Waals surface area contributed by atoms with Crippen LogP contribution in [0, 0.1) is 6.92 Å². The summed E-state index contributed by atoms with van der Waals surface area (Å²) in [5, 5.41) is 2.12.